The van der Waals surface area contributed by atoms with Crippen molar-refractivity contribution in [1.82, 2.24) is 20.0 Å². The molecule has 41 heavy (non-hydrogen) atoms. The maximum atomic E-state index is 13.5. The van der Waals surface area contributed by atoms with Gasteiger partial charge in [-0.3, -0.25) is 9.59 Å². The van der Waals surface area contributed by atoms with Gasteiger partial charge in [0.05, 0.1) is 12.8 Å². The summed E-state index contributed by atoms with van der Waals surface area (Å²) in [6.07, 6.45) is 1.48. The van der Waals surface area contributed by atoms with Crippen LogP contribution >= 0.6 is 0 Å². The highest BCUT2D eigenvalue weighted by Gasteiger charge is 2.25. The third-order valence-electron chi connectivity index (χ3n) is 7.36. The summed E-state index contributed by atoms with van der Waals surface area (Å²) in [5.41, 5.74) is 3.52. The van der Waals surface area contributed by atoms with E-state index in [0.717, 1.165) is 35.6 Å². The molecule has 5 rings (SSSR count). The first-order valence-corrected chi connectivity index (χ1v) is 14.0. The van der Waals surface area contributed by atoms with Gasteiger partial charge in [0.2, 0.25) is 5.91 Å². The molecule has 4 aromatic rings. The van der Waals surface area contributed by atoms with Crippen molar-refractivity contribution in [3.63, 3.8) is 0 Å². The number of carbonyl (C=O) groups excluding carboxylic acids is 2. The van der Waals surface area contributed by atoms with Crippen LogP contribution in [0.3, 0.4) is 0 Å². The molecule has 0 bridgehead atoms. The normalized spacial score (nSPS) is 13.4. The van der Waals surface area contributed by atoms with Gasteiger partial charge in [-0.25, -0.2) is 0 Å². The molecule has 1 aliphatic rings. The van der Waals surface area contributed by atoms with Crippen LogP contribution in [0.25, 0.3) is 11.3 Å². The highest BCUT2D eigenvalue weighted by atomic mass is 16.5. The Kier molecular flexibility index (Phi) is 9.21. The van der Waals surface area contributed by atoms with Gasteiger partial charge >= 0.3 is 0 Å². The van der Waals surface area contributed by atoms with Gasteiger partial charge < -0.3 is 19.4 Å². The maximum Gasteiger partial charge on any atom is 0.254 e. The molecule has 0 spiro atoms. The Morgan fingerprint density at radius 1 is 0.805 bits per heavy atom. The van der Waals surface area contributed by atoms with E-state index in [0.29, 0.717) is 43.9 Å². The van der Waals surface area contributed by atoms with Crippen molar-refractivity contribution in [3.8, 4) is 17.0 Å². The van der Waals surface area contributed by atoms with Crippen molar-refractivity contribution < 1.29 is 14.3 Å². The number of amides is 2. The van der Waals surface area contributed by atoms with Crippen LogP contribution in [-0.2, 0) is 11.2 Å². The average molecular weight is 550 g/mol. The molecule has 0 N–H and O–H groups in total. The van der Waals surface area contributed by atoms with Crippen LogP contribution in [0.1, 0.15) is 22.3 Å². The zero-order valence-electron chi connectivity index (χ0n) is 23.4. The van der Waals surface area contributed by atoms with Gasteiger partial charge in [0.1, 0.15) is 12.3 Å². The number of nitrogens with zero attached hydrogens (tertiary/aromatic N) is 5. The smallest absolute Gasteiger partial charge is 0.254 e. The molecular weight excluding hydrogens is 514 g/mol. The summed E-state index contributed by atoms with van der Waals surface area (Å²) in [6.45, 7) is 3.11. The van der Waals surface area contributed by atoms with Gasteiger partial charge in [0, 0.05) is 43.9 Å². The molecule has 8 nitrogen and oxygen atoms in total. The minimum atomic E-state index is -0.165. The SMILES string of the molecule is COc1ccc(C(=O)N(CCc2ccccc2)CC(=O)N2CCCN(c3ccc(-c4ccccc4)nn3)CC2)cc1. The summed E-state index contributed by atoms with van der Waals surface area (Å²) >= 11 is 0. The van der Waals surface area contributed by atoms with Crippen molar-refractivity contribution >= 4 is 17.6 Å². The number of anilines is 1. The predicted molar refractivity (Wildman–Crippen MR) is 160 cm³/mol. The Morgan fingerprint density at radius 3 is 2.22 bits per heavy atom. The molecule has 0 atom stereocenters. The van der Waals surface area contributed by atoms with E-state index in [1.807, 2.05) is 77.7 Å². The number of hydrogen-bond acceptors (Lipinski definition) is 6. The van der Waals surface area contributed by atoms with E-state index in [-0.39, 0.29) is 18.4 Å². The van der Waals surface area contributed by atoms with E-state index in [4.69, 9.17) is 4.74 Å². The first kappa shape index (κ1) is 27.8. The Hall–Kier alpha value is -4.72. The van der Waals surface area contributed by atoms with E-state index in [9.17, 15) is 9.59 Å². The average Bonchev–Trinajstić information content (AvgIpc) is 3.30. The number of hydrogen-bond donors (Lipinski definition) is 0. The largest absolute Gasteiger partial charge is 0.497 e. The van der Waals surface area contributed by atoms with E-state index in [1.54, 1.807) is 36.3 Å². The van der Waals surface area contributed by atoms with Crippen LogP contribution < -0.4 is 9.64 Å². The lowest BCUT2D eigenvalue weighted by Crippen LogP contribution is -2.45. The number of ether oxygens (including phenoxy) is 1. The molecule has 1 saturated heterocycles. The standard InChI is InChI=1S/C33H35N5O3/c1-41-29-15-13-28(14-16-29)33(40)38(22-19-26-9-4-2-5-10-26)25-32(39)37-21-8-20-36(23-24-37)31-18-17-30(34-35-31)27-11-6-3-7-12-27/h2-7,9-18H,8,19-25H2,1H3. The molecule has 2 amide bonds. The van der Waals surface area contributed by atoms with Gasteiger partial charge in [-0.05, 0) is 54.8 Å². The second kappa shape index (κ2) is 13.6. The molecule has 2 heterocycles. The van der Waals surface area contributed by atoms with Crippen LogP contribution in [0.5, 0.6) is 5.75 Å². The minimum Gasteiger partial charge on any atom is -0.497 e. The van der Waals surface area contributed by atoms with Crippen molar-refractivity contribution in [2.75, 3.05) is 51.3 Å². The number of rotatable bonds is 9. The quantitative estimate of drug-likeness (QED) is 0.304. The summed E-state index contributed by atoms with van der Waals surface area (Å²) in [5.74, 6) is 1.27. The van der Waals surface area contributed by atoms with Crippen LogP contribution in [0.15, 0.2) is 97.1 Å². The fourth-order valence-electron chi connectivity index (χ4n) is 4.99. The molecule has 1 aliphatic heterocycles. The molecule has 0 aliphatic carbocycles. The van der Waals surface area contributed by atoms with Gasteiger partial charge in [-0.15, -0.1) is 10.2 Å². The Labute approximate surface area is 241 Å². The zero-order valence-corrected chi connectivity index (χ0v) is 23.4. The van der Waals surface area contributed by atoms with E-state index in [1.165, 1.54) is 0 Å². The van der Waals surface area contributed by atoms with E-state index < -0.39 is 0 Å². The third kappa shape index (κ3) is 7.28. The molecule has 210 valence electrons. The molecular formula is C33H35N5O3. The van der Waals surface area contributed by atoms with Crippen molar-refractivity contribution in [1.29, 1.82) is 0 Å². The van der Waals surface area contributed by atoms with Gasteiger partial charge in [0.25, 0.3) is 5.91 Å². The summed E-state index contributed by atoms with van der Waals surface area (Å²) in [4.78, 5) is 32.7. The van der Waals surface area contributed by atoms with E-state index in [2.05, 4.69) is 15.1 Å². The lowest BCUT2D eigenvalue weighted by Gasteiger charge is -2.27. The Morgan fingerprint density at radius 2 is 1.54 bits per heavy atom. The summed E-state index contributed by atoms with van der Waals surface area (Å²) in [5, 5.41) is 8.90. The Balaban J connectivity index is 1.23. The molecule has 0 radical (unpaired) electrons. The zero-order chi connectivity index (χ0) is 28.4. The fraction of sp³-hybridized carbons (Fsp3) is 0.273. The van der Waals surface area contributed by atoms with Crippen molar-refractivity contribution in [2.45, 2.75) is 12.8 Å². The van der Waals surface area contributed by atoms with Crippen LogP contribution in [0.2, 0.25) is 0 Å². The maximum absolute atomic E-state index is 13.5. The number of aromatic nitrogens is 2. The summed E-state index contributed by atoms with van der Waals surface area (Å²) in [6, 6.07) is 31.0. The van der Waals surface area contributed by atoms with Crippen LogP contribution in [0, 0.1) is 0 Å². The second-order valence-corrected chi connectivity index (χ2v) is 10.1. The number of methoxy groups -OCH3 is 1. The fourth-order valence-corrected chi connectivity index (χ4v) is 4.99. The van der Waals surface area contributed by atoms with Crippen LogP contribution in [0.4, 0.5) is 5.82 Å². The monoisotopic (exact) mass is 549 g/mol. The first-order chi connectivity index (χ1) is 20.1. The van der Waals surface area contributed by atoms with Crippen molar-refractivity contribution in [3.05, 3.63) is 108 Å². The highest BCUT2D eigenvalue weighted by Crippen LogP contribution is 2.20. The second-order valence-electron chi connectivity index (χ2n) is 10.1. The molecule has 0 unspecified atom stereocenters. The van der Waals surface area contributed by atoms with Crippen molar-refractivity contribution in [2.24, 2.45) is 0 Å². The lowest BCUT2D eigenvalue weighted by atomic mass is 10.1. The van der Waals surface area contributed by atoms with Gasteiger partial charge in [-0.1, -0.05) is 60.7 Å². The Bertz CT molecular complexity index is 1410. The molecule has 1 fully saturated rings. The highest BCUT2D eigenvalue weighted by molar-refractivity contribution is 5.96. The third-order valence-corrected chi connectivity index (χ3v) is 7.36. The lowest BCUT2D eigenvalue weighted by molar-refractivity contribution is -0.131. The minimum absolute atomic E-state index is 0.0310. The topological polar surface area (TPSA) is 78.9 Å². The van der Waals surface area contributed by atoms with Crippen LogP contribution in [-0.4, -0.2) is 78.2 Å². The van der Waals surface area contributed by atoms with Gasteiger partial charge in [-0.2, -0.15) is 0 Å². The summed E-state index contributed by atoms with van der Waals surface area (Å²) < 4.78 is 5.24. The van der Waals surface area contributed by atoms with Gasteiger partial charge in [0.15, 0.2) is 5.82 Å². The predicted octanol–water partition coefficient (Wildman–Crippen LogP) is 4.58. The molecule has 3 aromatic carbocycles. The van der Waals surface area contributed by atoms with E-state index >= 15 is 0 Å². The molecule has 8 heteroatoms. The first-order valence-electron chi connectivity index (χ1n) is 14.0. The molecule has 0 saturated carbocycles. The molecule has 1 aromatic heterocycles. The number of benzene rings is 3. The summed E-state index contributed by atoms with van der Waals surface area (Å²) in [7, 11) is 1.59. The number of carbonyl (C=O) groups is 2.